The standard InChI is InChI=1S/C22H29BrN2O2/c1-14-6-16(23)4-5-17(14)25-18(26)10-24-19(27)22-9-15-7-20(2,12-22)11-21(3,8-15)13-22/h4-6,15H,7-13H2,1-3H3,(H,24,27)(H,25,26). The molecule has 4 aliphatic rings. The summed E-state index contributed by atoms with van der Waals surface area (Å²) in [6.07, 6.45) is 6.73. The number of aryl methyl sites for hydroxylation is 1. The number of benzene rings is 1. The highest BCUT2D eigenvalue weighted by Gasteiger charge is 2.62. The summed E-state index contributed by atoms with van der Waals surface area (Å²) in [5, 5.41) is 5.87. The summed E-state index contributed by atoms with van der Waals surface area (Å²) < 4.78 is 0.982. The number of amides is 2. The summed E-state index contributed by atoms with van der Waals surface area (Å²) in [6, 6.07) is 5.74. The normalized spacial score (nSPS) is 36.5. The molecule has 0 aromatic heterocycles. The molecule has 4 fully saturated rings. The lowest BCUT2D eigenvalue weighted by atomic mass is 9.40. The number of nitrogens with one attached hydrogen (secondary N) is 2. The highest BCUT2D eigenvalue weighted by atomic mass is 79.9. The first-order valence-electron chi connectivity index (χ1n) is 9.95. The second-order valence-corrected chi connectivity index (χ2v) is 11.0. The van der Waals surface area contributed by atoms with Crippen molar-refractivity contribution >= 4 is 33.4 Å². The number of carbonyl (C=O) groups excluding carboxylic acids is 2. The molecular formula is C22H29BrN2O2. The molecule has 0 saturated heterocycles. The van der Waals surface area contributed by atoms with Crippen molar-refractivity contribution in [2.24, 2.45) is 22.2 Å². The molecule has 2 N–H and O–H groups in total. The molecule has 4 bridgehead atoms. The van der Waals surface area contributed by atoms with Crippen molar-refractivity contribution in [1.29, 1.82) is 0 Å². The molecule has 2 atom stereocenters. The Labute approximate surface area is 170 Å². The molecule has 146 valence electrons. The Morgan fingerprint density at radius 2 is 1.78 bits per heavy atom. The van der Waals surface area contributed by atoms with Gasteiger partial charge in [0.05, 0.1) is 12.0 Å². The van der Waals surface area contributed by atoms with Gasteiger partial charge in [0.1, 0.15) is 0 Å². The van der Waals surface area contributed by atoms with Crippen LogP contribution in [0.3, 0.4) is 0 Å². The minimum Gasteiger partial charge on any atom is -0.347 e. The van der Waals surface area contributed by atoms with Crippen molar-refractivity contribution in [3.8, 4) is 0 Å². The van der Waals surface area contributed by atoms with Crippen molar-refractivity contribution in [1.82, 2.24) is 5.32 Å². The van der Waals surface area contributed by atoms with Crippen LogP contribution in [-0.2, 0) is 9.59 Å². The monoisotopic (exact) mass is 432 g/mol. The van der Waals surface area contributed by atoms with Crippen LogP contribution in [0.4, 0.5) is 5.69 Å². The van der Waals surface area contributed by atoms with E-state index in [-0.39, 0.29) is 23.8 Å². The first-order chi connectivity index (χ1) is 12.6. The number of halogens is 1. The third-order valence-corrected chi connectivity index (χ3v) is 7.47. The van der Waals surface area contributed by atoms with Gasteiger partial charge in [0.2, 0.25) is 11.8 Å². The maximum absolute atomic E-state index is 13.2. The first-order valence-corrected chi connectivity index (χ1v) is 10.7. The summed E-state index contributed by atoms with van der Waals surface area (Å²) in [5.41, 5.74) is 2.10. The lowest BCUT2D eigenvalue weighted by Crippen LogP contribution is -2.60. The van der Waals surface area contributed by atoms with E-state index in [1.807, 2.05) is 25.1 Å². The molecule has 27 heavy (non-hydrogen) atoms. The molecule has 0 radical (unpaired) electrons. The maximum Gasteiger partial charge on any atom is 0.243 e. The van der Waals surface area contributed by atoms with Gasteiger partial charge in [-0.25, -0.2) is 0 Å². The summed E-state index contributed by atoms with van der Waals surface area (Å²) in [5.74, 6) is 0.587. The highest BCUT2D eigenvalue weighted by Crippen LogP contribution is 2.69. The zero-order valence-electron chi connectivity index (χ0n) is 16.5. The Balaban J connectivity index is 1.40. The molecule has 5 rings (SSSR count). The van der Waals surface area contributed by atoms with Gasteiger partial charge < -0.3 is 10.6 Å². The van der Waals surface area contributed by atoms with E-state index in [2.05, 4.69) is 40.4 Å². The van der Waals surface area contributed by atoms with Gasteiger partial charge in [0, 0.05) is 10.2 Å². The van der Waals surface area contributed by atoms with Crippen LogP contribution in [0.5, 0.6) is 0 Å². The molecule has 0 aliphatic heterocycles. The predicted octanol–water partition coefficient (Wildman–Crippen LogP) is 4.81. The van der Waals surface area contributed by atoms with Crippen LogP contribution in [0, 0.1) is 29.1 Å². The average molecular weight is 433 g/mol. The quantitative estimate of drug-likeness (QED) is 0.716. The number of anilines is 1. The van der Waals surface area contributed by atoms with Gasteiger partial charge in [-0.05, 0) is 86.0 Å². The van der Waals surface area contributed by atoms with Crippen LogP contribution in [0.1, 0.15) is 57.9 Å². The van der Waals surface area contributed by atoms with Crippen molar-refractivity contribution in [2.45, 2.75) is 59.3 Å². The number of hydrogen-bond acceptors (Lipinski definition) is 2. The smallest absolute Gasteiger partial charge is 0.243 e. The Hall–Kier alpha value is -1.36. The topological polar surface area (TPSA) is 58.2 Å². The van der Waals surface area contributed by atoms with Crippen LogP contribution in [0.2, 0.25) is 0 Å². The van der Waals surface area contributed by atoms with Gasteiger partial charge in [0.15, 0.2) is 0 Å². The molecule has 1 aromatic rings. The maximum atomic E-state index is 13.2. The third-order valence-electron chi connectivity index (χ3n) is 6.98. The van der Waals surface area contributed by atoms with Crippen LogP contribution < -0.4 is 10.6 Å². The van der Waals surface area contributed by atoms with Gasteiger partial charge in [-0.15, -0.1) is 0 Å². The zero-order chi connectivity index (χ0) is 19.4. The Morgan fingerprint density at radius 3 is 2.37 bits per heavy atom. The van der Waals surface area contributed by atoms with Gasteiger partial charge >= 0.3 is 0 Å². The fourth-order valence-electron chi connectivity index (χ4n) is 7.01. The molecular weight excluding hydrogens is 404 g/mol. The first kappa shape index (κ1) is 19.0. The van der Waals surface area contributed by atoms with E-state index >= 15 is 0 Å². The minimum atomic E-state index is -0.267. The van der Waals surface area contributed by atoms with Crippen molar-refractivity contribution < 1.29 is 9.59 Å². The van der Waals surface area contributed by atoms with E-state index in [4.69, 9.17) is 0 Å². The third kappa shape index (κ3) is 3.55. The van der Waals surface area contributed by atoms with Gasteiger partial charge in [-0.1, -0.05) is 29.8 Å². The lowest BCUT2D eigenvalue weighted by molar-refractivity contribution is -0.170. The minimum absolute atomic E-state index is 0.0359. The van der Waals surface area contributed by atoms with E-state index in [0.717, 1.165) is 35.0 Å². The van der Waals surface area contributed by atoms with E-state index < -0.39 is 0 Å². The van der Waals surface area contributed by atoms with E-state index in [1.165, 1.54) is 19.3 Å². The zero-order valence-corrected chi connectivity index (χ0v) is 18.0. The molecule has 2 amide bonds. The van der Waals surface area contributed by atoms with Crippen molar-refractivity contribution in [2.75, 3.05) is 11.9 Å². The molecule has 4 nitrogen and oxygen atoms in total. The van der Waals surface area contributed by atoms with Gasteiger partial charge in [-0.2, -0.15) is 0 Å². The molecule has 0 heterocycles. The lowest BCUT2D eigenvalue weighted by Gasteiger charge is -2.64. The van der Waals surface area contributed by atoms with E-state index in [0.29, 0.717) is 16.7 Å². The largest absolute Gasteiger partial charge is 0.347 e. The molecule has 1 aromatic carbocycles. The van der Waals surface area contributed by atoms with Crippen LogP contribution in [-0.4, -0.2) is 18.4 Å². The summed E-state index contributed by atoms with van der Waals surface area (Å²) in [4.78, 5) is 25.5. The van der Waals surface area contributed by atoms with E-state index in [9.17, 15) is 9.59 Å². The van der Waals surface area contributed by atoms with Crippen molar-refractivity contribution in [3.63, 3.8) is 0 Å². The molecule has 0 spiro atoms. The van der Waals surface area contributed by atoms with Crippen LogP contribution in [0.25, 0.3) is 0 Å². The average Bonchev–Trinajstić information content (AvgIpc) is 2.52. The van der Waals surface area contributed by atoms with Gasteiger partial charge in [0.25, 0.3) is 0 Å². The summed E-state index contributed by atoms with van der Waals surface area (Å²) in [6.45, 7) is 6.71. The molecule has 5 heteroatoms. The van der Waals surface area contributed by atoms with Gasteiger partial charge in [-0.3, -0.25) is 9.59 Å². The Kier molecular flexibility index (Phi) is 4.45. The SMILES string of the molecule is Cc1cc(Br)ccc1NC(=O)CNC(=O)C12CC3CC(C)(CC(C)(C3)C1)C2. The van der Waals surface area contributed by atoms with Crippen molar-refractivity contribution in [3.05, 3.63) is 28.2 Å². The molecule has 4 saturated carbocycles. The predicted molar refractivity (Wildman–Crippen MR) is 110 cm³/mol. The van der Waals surface area contributed by atoms with Crippen LogP contribution >= 0.6 is 15.9 Å². The summed E-state index contributed by atoms with van der Waals surface area (Å²) in [7, 11) is 0. The fourth-order valence-corrected chi connectivity index (χ4v) is 7.49. The Morgan fingerprint density at radius 1 is 1.11 bits per heavy atom. The van der Waals surface area contributed by atoms with Crippen LogP contribution in [0.15, 0.2) is 22.7 Å². The highest BCUT2D eigenvalue weighted by molar-refractivity contribution is 9.10. The molecule has 4 aliphatic carbocycles. The molecule has 2 unspecified atom stereocenters. The second-order valence-electron chi connectivity index (χ2n) is 10.1. The summed E-state index contributed by atoms with van der Waals surface area (Å²) >= 11 is 3.43. The van der Waals surface area contributed by atoms with E-state index in [1.54, 1.807) is 0 Å². The number of rotatable bonds is 4. The Bertz CT molecular complexity index is 788. The second kappa shape index (κ2) is 6.33. The fraction of sp³-hybridized carbons (Fsp3) is 0.636. The number of hydrogen-bond donors (Lipinski definition) is 2. The number of carbonyl (C=O) groups is 2.